The third-order valence-corrected chi connectivity index (χ3v) is 5.46. The van der Waals surface area contributed by atoms with Gasteiger partial charge >= 0.3 is 10.1 Å². The molecule has 3 aromatic carbocycles. The minimum Gasteiger partial charge on any atom is -0.379 e. The Morgan fingerprint density at radius 2 is 1.58 bits per heavy atom. The van der Waals surface area contributed by atoms with Crippen LogP contribution in [-0.2, 0) is 10.1 Å². The molecule has 0 fully saturated rings. The molecule has 0 amide bonds. The number of hydrogen-bond donors (Lipinski definition) is 1. The van der Waals surface area contributed by atoms with E-state index in [4.69, 9.17) is 4.18 Å². The Bertz CT molecular complexity index is 1160. The van der Waals surface area contributed by atoms with Gasteiger partial charge in [-0.15, -0.1) is 0 Å². The van der Waals surface area contributed by atoms with Crippen LogP contribution in [0.1, 0.15) is 5.56 Å². The largest absolute Gasteiger partial charge is 0.379 e. The Morgan fingerprint density at radius 3 is 2.31 bits per heavy atom. The van der Waals surface area contributed by atoms with E-state index in [1.807, 2.05) is 49.4 Å². The molecule has 0 saturated heterocycles. The van der Waals surface area contributed by atoms with E-state index in [2.05, 4.69) is 4.98 Å². The normalized spacial score (nSPS) is 11.6. The Hall–Kier alpha value is -3.05. The monoisotopic (exact) mass is 363 g/mol. The summed E-state index contributed by atoms with van der Waals surface area (Å²) in [7, 11) is -3.86. The Labute approximate surface area is 152 Å². The van der Waals surface area contributed by atoms with Crippen molar-refractivity contribution in [3.8, 4) is 17.0 Å². The van der Waals surface area contributed by atoms with Gasteiger partial charge in [-0.05, 0) is 42.8 Å². The Morgan fingerprint density at radius 1 is 0.846 bits per heavy atom. The zero-order valence-electron chi connectivity index (χ0n) is 14.1. The molecule has 0 atom stereocenters. The smallest absolute Gasteiger partial charge is 0.339 e. The number of aromatic amines is 1. The van der Waals surface area contributed by atoms with Crippen LogP contribution >= 0.6 is 0 Å². The number of rotatable bonds is 4. The van der Waals surface area contributed by atoms with Crippen LogP contribution in [0.5, 0.6) is 5.75 Å². The molecule has 4 aromatic rings. The number of fused-ring (bicyclic) bond motifs is 1. The molecular weight excluding hydrogens is 346 g/mol. The molecule has 0 radical (unpaired) electrons. The molecule has 5 heteroatoms. The van der Waals surface area contributed by atoms with Gasteiger partial charge in [-0.2, -0.15) is 8.42 Å². The fourth-order valence-electron chi connectivity index (χ4n) is 2.81. The second-order valence-corrected chi connectivity index (χ2v) is 7.69. The van der Waals surface area contributed by atoms with Crippen molar-refractivity contribution in [2.45, 2.75) is 11.8 Å². The molecular formula is C21H17NO3S. The van der Waals surface area contributed by atoms with Crippen molar-refractivity contribution in [2.75, 3.05) is 0 Å². The average Bonchev–Trinajstić information content (AvgIpc) is 3.06. The third kappa shape index (κ3) is 3.21. The number of benzene rings is 3. The molecule has 1 heterocycles. The molecule has 0 aliphatic rings. The summed E-state index contributed by atoms with van der Waals surface area (Å²) in [6.45, 7) is 1.90. The highest BCUT2D eigenvalue weighted by Gasteiger charge is 2.17. The summed E-state index contributed by atoms with van der Waals surface area (Å²) in [6, 6.07) is 23.8. The first-order valence-electron chi connectivity index (χ1n) is 8.21. The molecule has 1 N–H and O–H groups in total. The SMILES string of the molecule is Cc1ccc(S(=O)(=O)Oc2ccc3cc(-c4ccccc4)[nH]c3c2)cc1. The van der Waals surface area contributed by atoms with Crippen molar-refractivity contribution < 1.29 is 12.6 Å². The molecule has 0 spiro atoms. The van der Waals surface area contributed by atoms with Crippen molar-refractivity contribution in [1.29, 1.82) is 0 Å². The second-order valence-electron chi connectivity index (χ2n) is 6.15. The quantitative estimate of drug-likeness (QED) is 0.524. The lowest BCUT2D eigenvalue weighted by Gasteiger charge is -2.07. The fourth-order valence-corrected chi connectivity index (χ4v) is 3.73. The Balaban J connectivity index is 1.66. The zero-order chi connectivity index (χ0) is 18.1. The van der Waals surface area contributed by atoms with Crippen LogP contribution in [0.4, 0.5) is 0 Å². The van der Waals surface area contributed by atoms with Crippen LogP contribution in [0.3, 0.4) is 0 Å². The highest BCUT2D eigenvalue weighted by Crippen LogP contribution is 2.28. The molecule has 0 bridgehead atoms. The maximum absolute atomic E-state index is 12.4. The molecule has 26 heavy (non-hydrogen) atoms. The van der Waals surface area contributed by atoms with E-state index in [-0.39, 0.29) is 10.6 Å². The Kier molecular flexibility index (Phi) is 4.01. The molecule has 0 saturated carbocycles. The maximum Gasteiger partial charge on any atom is 0.339 e. The molecule has 0 aliphatic heterocycles. The minimum absolute atomic E-state index is 0.139. The summed E-state index contributed by atoms with van der Waals surface area (Å²) in [5, 5.41) is 0.990. The lowest BCUT2D eigenvalue weighted by Crippen LogP contribution is -2.09. The number of nitrogens with one attached hydrogen (secondary N) is 1. The van der Waals surface area contributed by atoms with Gasteiger partial charge in [-0.3, -0.25) is 0 Å². The van der Waals surface area contributed by atoms with Gasteiger partial charge in [-0.25, -0.2) is 0 Å². The van der Waals surface area contributed by atoms with Crippen LogP contribution in [0.25, 0.3) is 22.2 Å². The van der Waals surface area contributed by atoms with Gasteiger partial charge < -0.3 is 9.17 Å². The van der Waals surface area contributed by atoms with Crippen molar-refractivity contribution in [2.24, 2.45) is 0 Å². The second kappa shape index (κ2) is 6.35. The summed E-state index contributed by atoms with van der Waals surface area (Å²) < 4.78 is 30.2. The van der Waals surface area contributed by atoms with Gasteiger partial charge in [0.05, 0.1) is 0 Å². The van der Waals surface area contributed by atoms with E-state index in [0.717, 1.165) is 27.7 Å². The van der Waals surface area contributed by atoms with Gasteiger partial charge in [0.25, 0.3) is 0 Å². The van der Waals surface area contributed by atoms with E-state index in [1.165, 1.54) is 0 Å². The van der Waals surface area contributed by atoms with E-state index < -0.39 is 10.1 Å². The van der Waals surface area contributed by atoms with Crippen molar-refractivity contribution in [3.05, 3.63) is 84.4 Å². The van der Waals surface area contributed by atoms with Crippen LogP contribution in [0.15, 0.2) is 83.8 Å². The number of hydrogen-bond acceptors (Lipinski definition) is 3. The highest BCUT2D eigenvalue weighted by molar-refractivity contribution is 7.87. The van der Waals surface area contributed by atoms with Crippen molar-refractivity contribution in [3.63, 3.8) is 0 Å². The number of H-pyrrole nitrogens is 1. The first-order chi connectivity index (χ1) is 12.5. The third-order valence-electron chi connectivity index (χ3n) is 4.19. The molecule has 0 unspecified atom stereocenters. The van der Waals surface area contributed by atoms with Gasteiger partial charge in [0.2, 0.25) is 0 Å². The van der Waals surface area contributed by atoms with E-state index >= 15 is 0 Å². The van der Waals surface area contributed by atoms with Gasteiger partial charge in [0.15, 0.2) is 0 Å². The number of aromatic nitrogens is 1. The molecule has 4 nitrogen and oxygen atoms in total. The van der Waals surface area contributed by atoms with E-state index in [9.17, 15) is 8.42 Å². The molecule has 0 aliphatic carbocycles. The van der Waals surface area contributed by atoms with Crippen LogP contribution in [0, 0.1) is 6.92 Å². The molecule has 1 aromatic heterocycles. The zero-order valence-corrected chi connectivity index (χ0v) is 15.0. The van der Waals surface area contributed by atoms with E-state index in [0.29, 0.717) is 0 Å². The predicted molar refractivity (Wildman–Crippen MR) is 103 cm³/mol. The van der Waals surface area contributed by atoms with E-state index in [1.54, 1.807) is 36.4 Å². The van der Waals surface area contributed by atoms with Gasteiger partial charge in [-0.1, -0.05) is 48.0 Å². The summed E-state index contributed by atoms with van der Waals surface area (Å²) in [6.07, 6.45) is 0. The number of aryl methyl sites for hydroxylation is 1. The average molecular weight is 363 g/mol. The maximum atomic E-state index is 12.4. The van der Waals surface area contributed by atoms with Crippen molar-refractivity contribution in [1.82, 2.24) is 4.98 Å². The summed E-state index contributed by atoms with van der Waals surface area (Å²) in [5.74, 6) is 0.277. The van der Waals surface area contributed by atoms with Crippen LogP contribution in [-0.4, -0.2) is 13.4 Å². The highest BCUT2D eigenvalue weighted by atomic mass is 32.2. The summed E-state index contributed by atoms with van der Waals surface area (Å²) in [5.41, 5.74) is 3.85. The first kappa shape index (κ1) is 16.4. The topological polar surface area (TPSA) is 59.2 Å². The van der Waals surface area contributed by atoms with Crippen molar-refractivity contribution >= 4 is 21.0 Å². The molecule has 4 rings (SSSR count). The standard InChI is InChI=1S/C21H17NO3S/c1-15-7-11-19(12-8-15)26(23,24)25-18-10-9-17-13-20(22-21(17)14-18)16-5-3-2-4-6-16/h2-14,22H,1H3. The van der Waals surface area contributed by atoms with Gasteiger partial charge in [0.1, 0.15) is 10.6 Å². The minimum atomic E-state index is -3.86. The van der Waals surface area contributed by atoms with Crippen LogP contribution in [0.2, 0.25) is 0 Å². The van der Waals surface area contributed by atoms with Gasteiger partial charge in [0, 0.05) is 22.7 Å². The summed E-state index contributed by atoms with van der Waals surface area (Å²) >= 11 is 0. The molecule has 130 valence electrons. The lowest BCUT2D eigenvalue weighted by molar-refractivity contribution is 0.486. The first-order valence-corrected chi connectivity index (χ1v) is 9.61. The lowest BCUT2D eigenvalue weighted by atomic mass is 10.1. The summed E-state index contributed by atoms with van der Waals surface area (Å²) in [4.78, 5) is 3.45. The predicted octanol–water partition coefficient (Wildman–Crippen LogP) is 4.91. The van der Waals surface area contributed by atoms with Crippen LogP contribution < -0.4 is 4.18 Å². The fraction of sp³-hybridized carbons (Fsp3) is 0.0476.